The molecule has 0 N–H and O–H groups in total. The van der Waals surface area contributed by atoms with E-state index in [1.807, 2.05) is 45.0 Å². The van der Waals surface area contributed by atoms with Gasteiger partial charge in [-0.25, -0.2) is 4.79 Å². The maximum absolute atomic E-state index is 12.3. The number of aryl methyl sites for hydroxylation is 1. The molecule has 1 aromatic carbocycles. The summed E-state index contributed by atoms with van der Waals surface area (Å²) in [5.74, 6) is 0.949. The summed E-state index contributed by atoms with van der Waals surface area (Å²) < 4.78 is 17.7. The Labute approximate surface area is 151 Å². The summed E-state index contributed by atoms with van der Waals surface area (Å²) in [7, 11) is 1.59. The zero-order valence-electron chi connectivity index (χ0n) is 15.3. The minimum Gasteiger partial charge on any atom is -0.497 e. The lowest BCUT2D eigenvalue weighted by Crippen LogP contribution is -2.07. The Morgan fingerprint density at radius 1 is 1.27 bits per heavy atom. The molecule has 0 aliphatic rings. The molecule has 7 nitrogen and oxygen atoms in total. The Bertz CT molecular complexity index is 927. The fraction of sp³-hybridized carbons (Fsp3) is 0.316. The topological polar surface area (TPSA) is 79.4 Å². The molecule has 7 heteroatoms. The van der Waals surface area contributed by atoms with E-state index in [-0.39, 0.29) is 12.5 Å². The number of hydrogen-bond acceptors (Lipinski definition) is 6. The Kier molecular flexibility index (Phi) is 5.06. The van der Waals surface area contributed by atoms with Crippen molar-refractivity contribution in [1.29, 1.82) is 0 Å². The number of ether oxygens (including phenoxy) is 2. The third-order valence-corrected chi connectivity index (χ3v) is 4.23. The zero-order chi connectivity index (χ0) is 18.7. The summed E-state index contributed by atoms with van der Waals surface area (Å²) in [6.45, 7) is 6.63. The second-order valence-corrected chi connectivity index (χ2v) is 5.85. The van der Waals surface area contributed by atoms with E-state index in [0.29, 0.717) is 17.1 Å². The Morgan fingerprint density at radius 3 is 2.77 bits per heavy atom. The average molecular weight is 355 g/mol. The van der Waals surface area contributed by atoms with Gasteiger partial charge in [-0.05, 0) is 39.0 Å². The number of rotatable bonds is 6. The molecule has 2 heterocycles. The van der Waals surface area contributed by atoms with E-state index in [2.05, 4.69) is 14.7 Å². The van der Waals surface area contributed by atoms with E-state index in [1.54, 1.807) is 13.2 Å². The van der Waals surface area contributed by atoms with Gasteiger partial charge in [0.15, 0.2) is 6.61 Å². The minimum absolute atomic E-state index is 0.0778. The van der Waals surface area contributed by atoms with Crippen molar-refractivity contribution in [3.63, 3.8) is 0 Å². The molecule has 0 unspecified atom stereocenters. The Morgan fingerprint density at radius 2 is 2.08 bits per heavy atom. The fourth-order valence-electron chi connectivity index (χ4n) is 2.89. The summed E-state index contributed by atoms with van der Waals surface area (Å²) in [5, 5.41) is 3.92. The maximum atomic E-state index is 12.3. The predicted octanol–water partition coefficient (Wildman–Crippen LogP) is 3.54. The van der Waals surface area contributed by atoms with Crippen molar-refractivity contribution >= 4 is 5.97 Å². The van der Waals surface area contributed by atoms with Crippen LogP contribution in [-0.2, 0) is 17.9 Å². The summed E-state index contributed by atoms with van der Waals surface area (Å²) in [4.78, 5) is 16.6. The van der Waals surface area contributed by atoms with Crippen LogP contribution in [0.15, 0.2) is 34.9 Å². The van der Waals surface area contributed by atoms with Crippen LogP contribution in [-0.4, -0.2) is 27.8 Å². The number of carbonyl (C=O) groups excluding carboxylic acids is 1. The van der Waals surface area contributed by atoms with Gasteiger partial charge in [0, 0.05) is 23.5 Å². The second kappa shape index (κ2) is 7.43. The van der Waals surface area contributed by atoms with Gasteiger partial charge in [0.1, 0.15) is 5.75 Å². The first-order chi connectivity index (χ1) is 12.5. The van der Waals surface area contributed by atoms with Crippen LogP contribution in [0.1, 0.15) is 34.6 Å². The first-order valence-electron chi connectivity index (χ1n) is 8.34. The first-order valence-corrected chi connectivity index (χ1v) is 8.34. The van der Waals surface area contributed by atoms with Crippen molar-refractivity contribution in [2.45, 2.75) is 33.9 Å². The van der Waals surface area contributed by atoms with Crippen LogP contribution < -0.4 is 4.74 Å². The van der Waals surface area contributed by atoms with Gasteiger partial charge in [0.25, 0.3) is 5.89 Å². The molecule has 136 valence electrons. The SMILES string of the molecule is CCn1c(C)cc(C(=O)OCc2nc(-c3cccc(OC)c3)no2)c1C. The van der Waals surface area contributed by atoms with Gasteiger partial charge in [-0.2, -0.15) is 4.98 Å². The molecular weight excluding hydrogens is 334 g/mol. The van der Waals surface area contributed by atoms with Gasteiger partial charge in [0.2, 0.25) is 5.82 Å². The zero-order valence-corrected chi connectivity index (χ0v) is 15.3. The largest absolute Gasteiger partial charge is 0.497 e. The Hall–Kier alpha value is -3.09. The van der Waals surface area contributed by atoms with Gasteiger partial charge in [-0.1, -0.05) is 17.3 Å². The van der Waals surface area contributed by atoms with E-state index in [0.717, 1.165) is 23.5 Å². The normalized spacial score (nSPS) is 10.8. The van der Waals surface area contributed by atoms with Gasteiger partial charge >= 0.3 is 5.97 Å². The molecule has 26 heavy (non-hydrogen) atoms. The molecule has 0 saturated carbocycles. The van der Waals surface area contributed by atoms with Crippen molar-refractivity contribution in [2.75, 3.05) is 7.11 Å². The molecule has 0 saturated heterocycles. The van der Waals surface area contributed by atoms with Crippen LogP contribution in [0.2, 0.25) is 0 Å². The quantitative estimate of drug-likeness (QED) is 0.629. The molecule has 0 bridgehead atoms. The number of nitrogens with zero attached hydrogens (tertiary/aromatic N) is 3. The standard InChI is InChI=1S/C19H21N3O4/c1-5-22-12(2)9-16(13(22)3)19(23)25-11-17-20-18(21-26-17)14-7-6-8-15(10-14)24-4/h6-10H,5,11H2,1-4H3. The maximum Gasteiger partial charge on any atom is 0.340 e. The summed E-state index contributed by atoms with van der Waals surface area (Å²) in [5.41, 5.74) is 3.22. The van der Waals surface area contributed by atoms with Crippen LogP contribution in [0.5, 0.6) is 5.75 Å². The van der Waals surface area contributed by atoms with Gasteiger partial charge in [-0.3, -0.25) is 0 Å². The summed E-state index contributed by atoms with van der Waals surface area (Å²) >= 11 is 0. The van der Waals surface area contributed by atoms with Crippen molar-refractivity contribution in [2.24, 2.45) is 0 Å². The molecule has 0 fully saturated rings. The second-order valence-electron chi connectivity index (χ2n) is 5.85. The van der Waals surface area contributed by atoms with E-state index in [9.17, 15) is 4.79 Å². The molecule has 0 atom stereocenters. The van der Waals surface area contributed by atoms with Gasteiger partial charge in [0.05, 0.1) is 12.7 Å². The van der Waals surface area contributed by atoms with Crippen LogP contribution in [0.25, 0.3) is 11.4 Å². The number of esters is 1. The highest BCUT2D eigenvalue weighted by Gasteiger charge is 2.18. The third kappa shape index (κ3) is 3.46. The molecule has 3 aromatic rings. The van der Waals surface area contributed by atoms with Gasteiger partial charge in [-0.15, -0.1) is 0 Å². The van der Waals surface area contributed by atoms with E-state index in [4.69, 9.17) is 14.0 Å². The average Bonchev–Trinajstić information content (AvgIpc) is 3.24. The molecule has 0 amide bonds. The lowest BCUT2D eigenvalue weighted by molar-refractivity contribution is 0.0429. The van der Waals surface area contributed by atoms with Crippen LogP contribution in [0.4, 0.5) is 0 Å². The number of methoxy groups -OCH3 is 1. The molecular formula is C19H21N3O4. The highest BCUT2D eigenvalue weighted by atomic mass is 16.6. The molecule has 0 spiro atoms. The van der Waals surface area contributed by atoms with E-state index < -0.39 is 5.97 Å². The molecule has 3 rings (SSSR count). The van der Waals surface area contributed by atoms with E-state index in [1.165, 1.54) is 0 Å². The molecule has 0 radical (unpaired) electrons. The summed E-state index contributed by atoms with van der Waals surface area (Å²) in [6.07, 6.45) is 0. The van der Waals surface area contributed by atoms with Crippen LogP contribution in [0, 0.1) is 13.8 Å². The van der Waals surface area contributed by atoms with E-state index >= 15 is 0 Å². The smallest absolute Gasteiger partial charge is 0.340 e. The van der Waals surface area contributed by atoms with Crippen molar-refractivity contribution in [1.82, 2.24) is 14.7 Å². The van der Waals surface area contributed by atoms with Gasteiger partial charge < -0.3 is 18.6 Å². The number of hydrogen-bond donors (Lipinski definition) is 0. The summed E-state index contributed by atoms with van der Waals surface area (Å²) in [6, 6.07) is 9.16. The fourth-order valence-corrected chi connectivity index (χ4v) is 2.89. The third-order valence-electron chi connectivity index (χ3n) is 4.23. The number of benzene rings is 1. The highest BCUT2D eigenvalue weighted by Crippen LogP contribution is 2.22. The molecule has 0 aliphatic heterocycles. The number of carbonyl (C=O) groups is 1. The lowest BCUT2D eigenvalue weighted by Gasteiger charge is -2.05. The van der Waals surface area contributed by atoms with Crippen LogP contribution >= 0.6 is 0 Å². The van der Waals surface area contributed by atoms with Crippen molar-refractivity contribution < 1.29 is 18.8 Å². The number of aromatic nitrogens is 3. The highest BCUT2D eigenvalue weighted by molar-refractivity contribution is 5.91. The van der Waals surface area contributed by atoms with Crippen LogP contribution in [0.3, 0.4) is 0 Å². The minimum atomic E-state index is -0.404. The van der Waals surface area contributed by atoms with Crippen molar-refractivity contribution in [3.05, 3.63) is 53.2 Å². The molecule has 0 aliphatic carbocycles. The monoisotopic (exact) mass is 355 g/mol. The Balaban J connectivity index is 1.69. The first kappa shape index (κ1) is 17.7. The lowest BCUT2D eigenvalue weighted by atomic mass is 10.2. The predicted molar refractivity (Wildman–Crippen MR) is 95.0 cm³/mol. The van der Waals surface area contributed by atoms with Crippen molar-refractivity contribution in [3.8, 4) is 17.1 Å². The molecule has 2 aromatic heterocycles.